The molecule has 0 aliphatic heterocycles. The smallest absolute Gasteiger partial charge is 0.332 e. The van der Waals surface area contributed by atoms with E-state index in [1.54, 1.807) is 12.1 Å². The van der Waals surface area contributed by atoms with Crippen molar-refractivity contribution in [2.45, 2.75) is 6.54 Å². The van der Waals surface area contributed by atoms with E-state index < -0.39 is 0 Å². The Morgan fingerprint density at radius 1 is 0.941 bits per heavy atom. The number of hydrogen-bond acceptors (Lipinski definition) is 1. The lowest BCUT2D eigenvalue weighted by molar-refractivity contribution is 0.243. The van der Waals surface area contributed by atoms with Gasteiger partial charge >= 0.3 is 6.03 Å². The lowest BCUT2D eigenvalue weighted by Crippen LogP contribution is -2.27. The number of para-hydroxylation sites is 1. The number of nitrogens with one attached hydrogen (secondary N) is 1. The molecule has 0 atom stereocenters. The van der Waals surface area contributed by atoms with E-state index in [9.17, 15) is 4.79 Å². The summed E-state index contributed by atoms with van der Waals surface area (Å²) in [4.78, 5) is 11.5. The van der Waals surface area contributed by atoms with Gasteiger partial charge in [-0.2, -0.15) is 5.32 Å². The fraction of sp³-hybridized carbons (Fsp3) is 0.0714. The Kier molecular flexibility index (Phi) is 3.76. The molecule has 0 aromatic heterocycles. The van der Waals surface area contributed by atoms with Gasteiger partial charge in [-0.15, -0.1) is 0 Å². The van der Waals surface area contributed by atoms with Crippen LogP contribution in [0.3, 0.4) is 0 Å². The normalized spacial score (nSPS) is 9.65. The molecular weight excluding hydrogens is 212 g/mol. The second kappa shape index (κ2) is 5.70. The van der Waals surface area contributed by atoms with Crippen LogP contribution in [-0.4, -0.2) is 6.03 Å². The van der Waals surface area contributed by atoms with E-state index in [1.807, 2.05) is 48.5 Å². The number of hydrogen-bond donors (Lipinski definition) is 1. The topological polar surface area (TPSA) is 43.2 Å². The molecule has 0 fully saturated rings. The molecule has 0 saturated carbocycles. The molecule has 3 nitrogen and oxygen atoms in total. The van der Waals surface area contributed by atoms with Crippen molar-refractivity contribution in [3.63, 3.8) is 0 Å². The minimum absolute atomic E-state index is 0.319. The minimum Gasteiger partial charge on any atom is -0.332 e. The Labute approximate surface area is 100 Å². The molecule has 2 rings (SSSR count). The van der Waals surface area contributed by atoms with E-state index in [0.29, 0.717) is 12.2 Å². The third-order valence-electron chi connectivity index (χ3n) is 2.27. The van der Waals surface area contributed by atoms with Gasteiger partial charge in [-0.1, -0.05) is 48.5 Å². The van der Waals surface area contributed by atoms with Gasteiger partial charge in [0.05, 0.1) is 5.69 Å². The maximum atomic E-state index is 11.5. The molecule has 0 bridgehead atoms. The third kappa shape index (κ3) is 3.65. The number of rotatable bonds is 3. The average molecular weight is 225 g/mol. The van der Waals surface area contributed by atoms with Gasteiger partial charge in [0.2, 0.25) is 0 Å². The zero-order valence-electron chi connectivity index (χ0n) is 9.34. The molecule has 0 spiro atoms. The van der Waals surface area contributed by atoms with Crippen molar-refractivity contribution in [2.75, 3.05) is 0 Å². The highest BCUT2D eigenvalue weighted by Crippen LogP contribution is 2.05. The van der Waals surface area contributed by atoms with Gasteiger partial charge in [0.25, 0.3) is 0 Å². The first-order valence-corrected chi connectivity index (χ1v) is 5.43. The highest BCUT2D eigenvalue weighted by molar-refractivity contribution is 5.78. The number of carbonyl (C=O) groups is 1. The van der Waals surface area contributed by atoms with E-state index in [2.05, 4.69) is 10.6 Å². The molecule has 0 unspecified atom stereocenters. The number of carbonyl (C=O) groups excluding carboxylic acids is 1. The van der Waals surface area contributed by atoms with Crippen molar-refractivity contribution in [3.05, 3.63) is 66.2 Å². The number of amides is 2. The Balaban J connectivity index is 1.83. The fourth-order valence-electron chi connectivity index (χ4n) is 1.43. The van der Waals surface area contributed by atoms with Crippen LogP contribution >= 0.6 is 0 Å². The summed E-state index contributed by atoms with van der Waals surface area (Å²) in [5, 5.41) is 6.67. The molecule has 0 aliphatic carbocycles. The molecule has 2 aromatic carbocycles. The fourth-order valence-corrected chi connectivity index (χ4v) is 1.43. The summed E-state index contributed by atoms with van der Waals surface area (Å²) in [5.41, 5.74) is 1.72. The molecule has 0 aliphatic rings. The third-order valence-corrected chi connectivity index (χ3v) is 2.27. The number of benzene rings is 2. The number of urea groups is 1. The van der Waals surface area contributed by atoms with Crippen molar-refractivity contribution >= 4 is 11.7 Å². The van der Waals surface area contributed by atoms with Crippen LogP contribution in [0.15, 0.2) is 60.7 Å². The second-order valence-corrected chi connectivity index (χ2v) is 3.59. The first kappa shape index (κ1) is 11.2. The summed E-state index contributed by atoms with van der Waals surface area (Å²) in [6, 6.07) is 18.6. The van der Waals surface area contributed by atoms with Crippen LogP contribution in [-0.2, 0) is 6.54 Å². The molecule has 17 heavy (non-hydrogen) atoms. The summed E-state index contributed by atoms with van der Waals surface area (Å²) >= 11 is 0. The van der Waals surface area contributed by atoms with Gasteiger partial charge in [-0.3, -0.25) is 0 Å². The van der Waals surface area contributed by atoms with Gasteiger partial charge in [0.15, 0.2) is 0 Å². The zero-order chi connectivity index (χ0) is 11.9. The molecule has 1 N–H and O–H groups in total. The summed E-state index contributed by atoms with van der Waals surface area (Å²) < 4.78 is 0. The van der Waals surface area contributed by atoms with Crippen LogP contribution in [0.4, 0.5) is 10.5 Å². The van der Waals surface area contributed by atoms with Gasteiger partial charge in [0.1, 0.15) is 0 Å². The molecule has 2 aromatic rings. The molecule has 1 radical (unpaired) electrons. The molecular formula is C14H13N2O. The van der Waals surface area contributed by atoms with Crippen molar-refractivity contribution in [1.82, 2.24) is 10.6 Å². The molecule has 85 valence electrons. The Morgan fingerprint density at radius 2 is 1.53 bits per heavy atom. The van der Waals surface area contributed by atoms with E-state index in [4.69, 9.17) is 0 Å². The van der Waals surface area contributed by atoms with Crippen LogP contribution in [0.25, 0.3) is 0 Å². The first-order valence-electron chi connectivity index (χ1n) is 5.43. The summed E-state index contributed by atoms with van der Waals surface area (Å²) in [6.07, 6.45) is 0. The maximum Gasteiger partial charge on any atom is 0.341 e. The van der Waals surface area contributed by atoms with Gasteiger partial charge in [-0.05, 0) is 17.7 Å². The van der Waals surface area contributed by atoms with Crippen LogP contribution in [0.5, 0.6) is 0 Å². The van der Waals surface area contributed by atoms with E-state index >= 15 is 0 Å². The predicted octanol–water partition coefficient (Wildman–Crippen LogP) is 2.83. The van der Waals surface area contributed by atoms with Gasteiger partial charge in [-0.25, -0.2) is 4.79 Å². The van der Waals surface area contributed by atoms with Gasteiger partial charge in [0, 0.05) is 6.54 Å². The first-order chi connectivity index (χ1) is 8.34. The van der Waals surface area contributed by atoms with Crippen LogP contribution in [0, 0.1) is 0 Å². The van der Waals surface area contributed by atoms with Crippen molar-refractivity contribution < 1.29 is 4.79 Å². The van der Waals surface area contributed by atoms with Crippen molar-refractivity contribution in [3.8, 4) is 0 Å². The van der Waals surface area contributed by atoms with E-state index in [0.717, 1.165) is 5.56 Å². The highest BCUT2D eigenvalue weighted by Gasteiger charge is 2.02. The Morgan fingerprint density at radius 3 is 2.18 bits per heavy atom. The van der Waals surface area contributed by atoms with Crippen LogP contribution < -0.4 is 10.6 Å². The predicted molar refractivity (Wildman–Crippen MR) is 66.9 cm³/mol. The molecule has 0 heterocycles. The quantitative estimate of drug-likeness (QED) is 0.857. The maximum absolute atomic E-state index is 11.5. The standard InChI is InChI=1S/C14H13N2O/c17-14(16-13-9-5-2-6-10-13)15-11-12-7-3-1-4-8-12/h1-10H,11H2,(H,15,17). The molecule has 2 amide bonds. The summed E-state index contributed by atoms with van der Waals surface area (Å²) in [7, 11) is 0. The number of nitrogens with zero attached hydrogens (tertiary/aromatic N) is 1. The van der Waals surface area contributed by atoms with E-state index in [1.165, 1.54) is 0 Å². The lowest BCUT2D eigenvalue weighted by Gasteiger charge is -2.04. The van der Waals surface area contributed by atoms with Crippen molar-refractivity contribution in [2.24, 2.45) is 0 Å². The van der Waals surface area contributed by atoms with Gasteiger partial charge < -0.3 is 5.32 Å². The minimum atomic E-state index is -0.319. The van der Waals surface area contributed by atoms with Crippen LogP contribution in [0.2, 0.25) is 0 Å². The average Bonchev–Trinajstić information content (AvgIpc) is 2.39. The largest absolute Gasteiger partial charge is 0.341 e. The summed E-state index contributed by atoms with van der Waals surface area (Å²) in [5.74, 6) is 0. The lowest BCUT2D eigenvalue weighted by atomic mass is 10.2. The van der Waals surface area contributed by atoms with Crippen molar-refractivity contribution in [1.29, 1.82) is 0 Å². The molecule has 0 saturated heterocycles. The highest BCUT2D eigenvalue weighted by atomic mass is 16.2. The molecule has 3 heteroatoms. The Bertz CT molecular complexity index is 468. The van der Waals surface area contributed by atoms with Crippen LogP contribution in [0.1, 0.15) is 5.56 Å². The second-order valence-electron chi connectivity index (χ2n) is 3.59. The SMILES string of the molecule is O=C([N]c1ccccc1)NCc1ccccc1. The zero-order valence-corrected chi connectivity index (χ0v) is 9.34. The van der Waals surface area contributed by atoms with E-state index in [-0.39, 0.29) is 6.03 Å². The summed E-state index contributed by atoms with van der Waals surface area (Å²) in [6.45, 7) is 0.496. The Hall–Kier alpha value is -2.29. The monoisotopic (exact) mass is 225 g/mol.